The van der Waals surface area contributed by atoms with E-state index in [2.05, 4.69) is 48.4 Å². The standard InChI is InChI=1S/C21H28FN7O/c1-23-12-13-26-20-16(6-4-3-5-11-25-19(30)15-24-2)14-27-21(29-20)28-18-9-7-17(22)8-10-18/h7-10,14,23-24H,3,5,11-13,15H2,1-2H3,(H,25,30)(H2,26,27,28,29). The molecule has 1 heterocycles. The lowest BCUT2D eigenvalue weighted by atomic mass is 10.2. The van der Waals surface area contributed by atoms with E-state index in [-0.39, 0.29) is 11.7 Å². The van der Waals surface area contributed by atoms with Gasteiger partial charge in [0.2, 0.25) is 11.9 Å². The van der Waals surface area contributed by atoms with Crippen molar-refractivity contribution in [3.05, 3.63) is 41.8 Å². The van der Waals surface area contributed by atoms with Gasteiger partial charge in [-0.05, 0) is 44.8 Å². The van der Waals surface area contributed by atoms with Crippen molar-refractivity contribution in [1.29, 1.82) is 0 Å². The Balaban J connectivity index is 1.99. The summed E-state index contributed by atoms with van der Waals surface area (Å²) in [6.07, 6.45) is 3.06. The molecule has 2 rings (SSSR count). The largest absolute Gasteiger partial charge is 0.368 e. The third-order valence-corrected chi connectivity index (χ3v) is 3.92. The summed E-state index contributed by atoms with van der Waals surface area (Å²) in [5.41, 5.74) is 1.38. The van der Waals surface area contributed by atoms with Gasteiger partial charge in [0.25, 0.3) is 0 Å². The first kappa shape index (κ1) is 23.1. The van der Waals surface area contributed by atoms with Gasteiger partial charge in [-0.25, -0.2) is 9.37 Å². The third kappa shape index (κ3) is 8.43. The molecule has 0 aliphatic heterocycles. The second-order valence-corrected chi connectivity index (χ2v) is 6.40. The van der Waals surface area contributed by atoms with Crippen LogP contribution in [0.25, 0.3) is 0 Å². The summed E-state index contributed by atoms with van der Waals surface area (Å²) < 4.78 is 13.1. The van der Waals surface area contributed by atoms with Crippen molar-refractivity contribution in [3.63, 3.8) is 0 Å². The number of benzene rings is 1. The summed E-state index contributed by atoms with van der Waals surface area (Å²) in [6, 6.07) is 5.98. The zero-order chi connectivity index (χ0) is 21.6. The summed E-state index contributed by atoms with van der Waals surface area (Å²) in [6.45, 7) is 2.34. The molecule has 0 spiro atoms. The van der Waals surface area contributed by atoms with Crippen molar-refractivity contribution < 1.29 is 9.18 Å². The number of aromatic nitrogens is 2. The Morgan fingerprint density at radius 3 is 2.63 bits per heavy atom. The molecule has 5 N–H and O–H groups in total. The Morgan fingerprint density at radius 2 is 1.90 bits per heavy atom. The number of hydrogen-bond acceptors (Lipinski definition) is 7. The summed E-state index contributed by atoms with van der Waals surface area (Å²) in [5.74, 6) is 6.88. The monoisotopic (exact) mass is 413 g/mol. The first-order valence-corrected chi connectivity index (χ1v) is 9.80. The van der Waals surface area contributed by atoms with Crippen LogP contribution in [0.2, 0.25) is 0 Å². The molecule has 0 bridgehead atoms. The quantitative estimate of drug-likeness (QED) is 0.281. The number of nitrogens with one attached hydrogen (secondary N) is 5. The van der Waals surface area contributed by atoms with Crippen LogP contribution >= 0.6 is 0 Å². The third-order valence-electron chi connectivity index (χ3n) is 3.92. The Labute approximate surface area is 176 Å². The van der Waals surface area contributed by atoms with Gasteiger partial charge in [-0.15, -0.1) is 0 Å². The maximum absolute atomic E-state index is 13.1. The summed E-state index contributed by atoms with van der Waals surface area (Å²) >= 11 is 0. The van der Waals surface area contributed by atoms with Gasteiger partial charge in [-0.1, -0.05) is 11.8 Å². The van der Waals surface area contributed by atoms with Gasteiger partial charge in [0.1, 0.15) is 11.6 Å². The smallest absolute Gasteiger partial charge is 0.233 e. The SMILES string of the molecule is CNCCNc1nc(Nc2ccc(F)cc2)ncc1C#CCCCNC(=O)CNC. The normalized spacial score (nSPS) is 10.1. The number of likely N-dealkylation sites (N-methyl/N-ethyl adjacent to an activating group) is 2. The molecule has 0 atom stereocenters. The topological polar surface area (TPSA) is 103 Å². The first-order chi connectivity index (χ1) is 14.6. The lowest BCUT2D eigenvalue weighted by Crippen LogP contribution is -2.32. The van der Waals surface area contributed by atoms with E-state index in [1.807, 2.05) is 7.05 Å². The number of carbonyl (C=O) groups excluding carboxylic acids is 1. The molecule has 30 heavy (non-hydrogen) atoms. The van der Waals surface area contributed by atoms with Crippen LogP contribution < -0.4 is 26.6 Å². The van der Waals surface area contributed by atoms with E-state index < -0.39 is 0 Å². The van der Waals surface area contributed by atoms with Crippen LogP contribution in [0.3, 0.4) is 0 Å². The van der Waals surface area contributed by atoms with Crippen molar-refractivity contribution in [2.24, 2.45) is 0 Å². The van der Waals surface area contributed by atoms with Crippen molar-refractivity contribution in [1.82, 2.24) is 25.9 Å². The van der Waals surface area contributed by atoms with Gasteiger partial charge in [-0.2, -0.15) is 4.98 Å². The second kappa shape index (κ2) is 13.1. The molecule has 0 unspecified atom stereocenters. The minimum atomic E-state index is -0.303. The summed E-state index contributed by atoms with van der Waals surface area (Å²) in [4.78, 5) is 20.2. The number of hydrogen-bond donors (Lipinski definition) is 5. The highest BCUT2D eigenvalue weighted by molar-refractivity contribution is 5.77. The fourth-order valence-corrected chi connectivity index (χ4v) is 2.42. The van der Waals surface area contributed by atoms with E-state index in [9.17, 15) is 9.18 Å². The average Bonchev–Trinajstić information content (AvgIpc) is 2.74. The van der Waals surface area contributed by atoms with Crippen molar-refractivity contribution >= 4 is 23.4 Å². The first-order valence-electron chi connectivity index (χ1n) is 9.80. The summed E-state index contributed by atoms with van der Waals surface area (Å²) in [5, 5.41) is 15.0. The van der Waals surface area contributed by atoms with Crippen LogP contribution in [0, 0.1) is 17.7 Å². The number of carbonyl (C=O) groups is 1. The molecule has 0 saturated heterocycles. The molecule has 0 fully saturated rings. The van der Waals surface area contributed by atoms with Crippen LogP contribution in [0.15, 0.2) is 30.5 Å². The number of nitrogens with zero attached hydrogens (tertiary/aromatic N) is 2. The highest BCUT2D eigenvalue weighted by Crippen LogP contribution is 2.17. The Morgan fingerprint density at radius 1 is 1.10 bits per heavy atom. The van der Waals surface area contributed by atoms with Gasteiger partial charge in [0.15, 0.2) is 0 Å². The van der Waals surface area contributed by atoms with E-state index in [1.165, 1.54) is 12.1 Å². The Hall–Kier alpha value is -3.22. The maximum Gasteiger partial charge on any atom is 0.233 e. The van der Waals surface area contributed by atoms with Gasteiger partial charge < -0.3 is 26.6 Å². The fourth-order valence-electron chi connectivity index (χ4n) is 2.42. The summed E-state index contributed by atoms with van der Waals surface area (Å²) in [7, 11) is 3.61. The molecule has 2 aromatic rings. The van der Waals surface area contributed by atoms with Crippen molar-refractivity contribution in [3.8, 4) is 11.8 Å². The van der Waals surface area contributed by atoms with Crippen LogP contribution in [0.1, 0.15) is 18.4 Å². The van der Waals surface area contributed by atoms with Crippen LogP contribution in [0.4, 0.5) is 21.8 Å². The predicted octanol–water partition coefficient (Wildman–Crippen LogP) is 1.46. The van der Waals surface area contributed by atoms with Gasteiger partial charge in [0.05, 0.1) is 18.3 Å². The Bertz CT molecular complexity index is 862. The Kier molecular flexibility index (Phi) is 10.1. The molecule has 1 aromatic carbocycles. The number of halogens is 1. The molecule has 0 aliphatic carbocycles. The fraction of sp³-hybridized carbons (Fsp3) is 0.381. The van der Waals surface area contributed by atoms with Gasteiger partial charge in [0, 0.05) is 31.7 Å². The van der Waals surface area contributed by atoms with E-state index in [0.717, 1.165) is 13.0 Å². The van der Waals surface area contributed by atoms with Crippen LogP contribution in [-0.4, -0.2) is 56.1 Å². The second-order valence-electron chi connectivity index (χ2n) is 6.40. The molecule has 1 amide bonds. The molecule has 1 aromatic heterocycles. The average molecular weight is 414 g/mol. The van der Waals surface area contributed by atoms with Gasteiger partial charge >= 0.3 is 0 Å². The molecule has 8 nitrogen and oxygen atoms in total. The molecular weight excluding hydrogens is 385 g/mol. The van der Waals surface area contributed by atoms with Crippen molar-refractivity contribution in [2.75, 3.05) is 50.9 Å². The van der Waals surface area contributed by atoms with E-state index in [4.69, 9.17) is 0 Å². The molecule has 9 heteroatoms. The van der Waals surface area contributed by atoms with E-state index in [1.54, 1.807) is 25.4 Å². The minimum Gasteiger partial charge on any atom is -0.368 e. The van der Waals surface area contributed by atoms with E-state index >= 15 is 0 Å². The number of amides is 1. The lowest BCUT2D eigenvalue weighted by Gasteiger charge is -2.10. The minimum absolute atomic E-state index is 0.0286. The highest BCUT2D eigenvalue weighted by Gasteiger charge is 2.06. The molecule has 160 valence electrons. The zero-order valence-corrected chi connectivity index (χ0v) is 17.3. The maximum atomic E-state index is 13.1. The molecular formula is C21H28FN7O. The predicted molar refractivity (Wildman–Crippen MR) is 117 cm³/mol. The van der Waals surface area contributed by atoms with Crippen LogP contribution in [-0.2, 0) is 4.79 Å². The van der Waals surface area contributed by atoms with E-state index in [0.29, 0.717) is 49.1 Å². The molecule has 0 saturated carbocycles. The highest BCUT2D eigenvalue weighted by atomic mass is 19.1. The zero-order valence-electron chi connectivity index (χ0n) is 17.3. The number of rotatable bonds is 11. The van der Waals surface area contributed by atoms with Gasteiger partial charge in [-0.3, -0.25) is 4.79 Å². The van der Waals surface area contributed by atoms with Crippen LogP contribution in [0.5, 0.6) is 0 Å². The lowest BCUT2D eigenvalue weighted by molar-refractivity contribution is -0.120. The number of anilines is 3. The molecule has 0 radical (unpaired) electrons. The van der Waals surface area contributed by atoms with Crippen molar-refractivity contribution in [2.45, 2.75) is 12.8 Å². The number of unbranched alkanes of at least 4 members (excludes halogenated alkanes) is 1. The molecule has 0 aliphatic rings.